The molecular weight excluding hydrogens is 797 g/mol. The van der Waals surface area contributed by atoms with Crippen molar-refractivity contribution in [1.29, 1.82) is 0 Å². The molecule has 0 bridgehead atoms. The van der Waals surface area contributed by atoms with Crippen LogP contribution >= 0.6 is 11.3 Å². The first kappa shape index (κ1) is 34.1. The summed E-state index contributed by atoms with van der Waals surface area (Å²) in [6.07, 6.45) is 10.7. The predicted molar refractivity (Wildman–Crippen MR) is 204 cm³/mol. The Hall–Kier alpha value is -3.73. The van der Waals surface area contributed by atoms with Crippen LogP contribution in [0.3, 0.4) is 0 Å². The van der Waals surface area contributed by atoms with Gasteiger partial charge in [-0.3, -0.25) is 0 Å². The molecule has 4 aromatic carbocycles. The van der Waals surface area contributed by atoms with E-state index >= 15 is 0 Å². The smallest absolute Gasteiger partial charge is 0.0795 e. The summed E-state index contributed by atoms with van der Waals surface area (Å²) < 4.78 is 2.54. The van der Waals surface area contributed by atoms with Gasteiger partial charge < -0.3 is 9.97 Å². The minimum atomic E-state index is -1.23. The van der Waals surface area contributed by atoms with Gasteiger partial charge in [-0.2, -0.15) is 11.3 Å². The molecule has 8 rings (SSSR count). The van der Waals surface area contributed by atoms with Crippen LogP contribution in [0.2, 0.25) is 19.6 Å². The molecular formula is C43H40IrN2SSi-2. The first-order valence-electron chi connectivity index (χ1n) is 16.8. The number of hydrogen-bond acceptors (Lipinski definition) is 3. The Morgan fingerprint density at radius 3 is 2.25 bits per heavy atom. The molecule has 1 radical (unpaired) electrons. The SMILES string of the molecule is C[Si](C)(C)c1ccc(-c2[c-]cccc2)nc1.[Ir].[c-]1c(-c2cc(C3CCCCC3)ccn2)ccc2c1sc1c(-c3ccccc3)cccc12. The molecule has 5 heteroatoms. The van der Waals surface area contributed by atoms with Crippen LogP contribution in [0.4, 0.5) is 0 Å². The average Bonchev–Trinajstić information content (AvgIpc) is 3.51. The van der Waals surface area contributed by atoms with Crippen molar-refractivity contribution in [3.63, 3.8) is 0 Å². The molecule has 0 unspecified atom stereocenters. The fourth-order valence-electron chi connectivity index (χ4n) is 6.56. The number of pyridine rings is 2. The Morgan fingerprint density at radius 2 is 1.52 bits per heavy atom. The number of nitrogens with zero attached hydrogens (tertiary/aromatic N) is 2. The van der Waals surface area contributed by atoms with Crippen LogP contribution in [0, 0.1) is 12.1 Å². The fraction of sp³-hybridized carbons (Fsp3) is 0.209. The minimum Gasteiger partial charge on any atom is -0.305 e. The Balaban J connectivity index is 0.000000201. The van der Waals surface area contributed by atoms with Crippen LogP contribution in [-0.4, -0.2) is 18.0 Å². The molecule has 0 aliphatic heterocycles. The largest absolute Gasteiger partial charge is 0.305 e. The molecule has 48 heavy (non-hydrogen) atoms. The zero-order chi connectivity index (χ0) is 32.2. The molecule has 1 aliphatic carbocycles. The predicted octanol–water partition coefficient (Wildman–Crippen LogP) is 11.7. The standard InChI is InChI=1S/C29H24NS.C14H16NSi.Ir/c1-3-8-20(9-4-1)22-16-17-30-27(18-22)23-14-15-25-26-13-7-12-24(21-10-5-2-6-11-21)29(26)31-28(25)19-23;1-16(2,3)13-9-10-14(15-11-13)12-7-5-4-6-8-12;/h2,5-7,10-18,20H,1,3-4,8-9H2;4-7,9-11H,1-3H3;/q2*-1;. The van der Waals surface area contributed by atoms with Crippen molar-refractivity contribution in [2.45, 2.75) is 57.7 Å². The van der Waals surface area contributed by atoms with Gasteiger partial charge in [0.05, 0.1) is 8.07 Å². The van der Waals surface area contributed by atoms with Gasteiger partial charge in [-0.1, -0.05) is 117 Å². The third kappa shape index (κ3) is 7.61. The Labute approximate surface area is 303 Å². The number of benzene rings is 4. The molecule has 1 fully saturated rings. The number of rotatable bonds is 5. The van der Waals surface area contributed by atoms with Crippen molar-refractivity contribution in [2.24, 2.45) is 0 Å². The van der Waals surface area contributed by atoms with Gasteiger partial charge >= 0.3 is 0 Å². The van der Waals surface area contributed by atoms with Gasteiger partial charge in [-0.25, -0.2) is 0 Å². The molecule has 1 saturated carbocycles. The van der Waals surface area contributed by atoms with Crippen molar-refractivity contribution in [2.75, 3.05) is 0 Å². The zero-order valence-electron chi connectivity index (χ0n) is 27.8. The summed E-state index contributed by atoms with van der Waals surface area (Å²) in [5, 5.41) is 3.99. The second-order valence-corrected chi connectivity index (χ2v) is 19.6. The van der Waals surface area contributed by atoms with Gasteiger partial charge in [-0.15, -0.1) is 59.7 Å². The van der Waals surface area contributed by atoms with Crippen molar-refractivity contribution < 1.29 is 20.1 Å². The third-order valence-corrected chi connectivity index (χ3v) is 12.5. The van der Waals surface area contributed by atoms with Gasteiger partial charge in [0.1, 0.15) is 0 Å². The number of thiophene rings is 1. The minimum absolute atomic E-state index is 0. The summed E-state index contributed by atoms with van der Waals surface area (Å²) in [7, 11) is -1.23. The van der Waals surface area contributed by atoms with Gasteiger partial charge in [0.25, 0.3) is 0 Å². The maximum atomic E-state index is 4.70. The van der Waals surface area contributed by atoms with Crippen molar-refractivity contribution in [3.05, 3.63) is 139 Å². The van der Waals surface area contributed by atoms with E-state index in [0.717, 1.165) is 22.5 Å². The number of hydrogen-bond donors (Lipinski definition) is 0. The second-order valence-electron chi connectivity index (χ2n) is 13.5. The molecule has 243 valence electrons. The van der Waals surface area contributed by atoms with Gasteiger partial charge in [0.2, 0.25) is 0 Å². The quantitative estimate of drug-likeness (QED) is 0.127. The van der Waals surface area contributed by atoms with Crippen LogP contribution in [0.25, 0.3) is 53.8 Å². The maximum Gasteiger partial charge on any atom is 0.0795 e. The van der Waals surface area contributed by atoms with Crippen molar-refractivity contribution in [1.82, 2.24) is 9.97 Å². The Morgan fingerprint density at radius 1 is 0.708 bits per heavy atom. The van der Waals surface area contributed by atoms with Crippen LogP contribution in [0.1, 0.15) is 43.6 Å². The second kappa shape index (κ2) is 15.2. The molecule has 0 atom stereocenters. The van der Waals surface area contributed by atoms with Crippen molar-refractivity contribution in [3.8, 4) is 33.6 Å². The van der Waals surface area contributed by atoms with E-state index in [0.29, 0.717) is 5.92 Å². The molecule has 0 N–H and O–H groups in total. The fourth-order valence-corrected chi connectivity index (χ4v) is 8.83. The molecule has 0 spiro atoms. The Bertz CT molecular complexity index is 2100. The monoisotopic (exact) mass is 837 g/mol. The van der Waals surface area contributed by atoms with E-state index in [1.54, 1.807) is 0 Å². The van der Waals surface area contributed by atoms with Crippen LogP contribution in [0.15, 0.2) is 122 Å². The summed E-state index contributed by atoms with van der Waals surface area (Å²) in [5.74, 6) is 0.692. The van der Waals surface area contributed by atoms with E-state index in [1.807, 2.05) is 48.0 Å². The maximum absolute atomic E-state index is 4.70. The van der Waals surface area contributed by atoms with E-state index in [9.17, 15) is 0 Å². The molecule has 0 amide bonds. The normalized spacial score (nSPS) is 13.5. The summed E-state index contributed by atoms with van der Waals surface area (Å²) in [6, 6.07) is 45.4. The van der Waals surface area contributed by atoms with Gasteiger partial charge in [0.15, 0.2) is 0 Å². The summed E-state index contributed by atoms with van der Waals surface area (Å²) in [4.78, 5) is 9.22. The molecule has 0 saturated heterocycles. The van der Waals surface area contributed by atoms with Crippen LogP contribution < -0.4 is 5.19 Å². The first-order chi connectivity index (χ1) is 22.9. The van der Waals surface area contributed by atoms with E-state index in [1.165, 1.54) is 74.2 Å². The molecule has 3 aromatic heterocycles. The summed E-state index contributed by atoms with van der Waals surface area (Å²) in [5.41, 5.74) is 8.21. The van der Waals surface area contributed by atoms with Crippen molar-refractivity contribution >= 4 is 44.8 Å². The summed E-state index contributed by atoms with van der Waals surface area (Å²) >= 11 is 1.84. The van der Waals surface area contributed by atoms with E-state index in [-0.39, 0.29) is 20.1 Å². The number of fused-ring (bicyclic) bond motifs is 3. The Kier molecular flexibility index (Phi) is 10.8. The zero-order valence-corrected chi connectivity index (χ0v) is 32.0. The number of aromatic nitrogens is 2. The average molecular weight is 837 g/mol. The third-order valence-electron chi connectivity index (χ3n) is 9.25. The topological polar surface area (TPSA) is 25.8 Å². The van der Waals surface area contributed by atoms with Crippen LogP contribution in [-0.2, 0) is 20.1 Å². The molecule has 3 heterocycles. The van der Waals surface area contributed by atoms with Gasteiger partial charge in [-0.05, 0) is 62.6 Å². The van der Waals surface area contributed by atoms with E-state index < -0.39 is 8.07 Å². The summed E-state index contributed by atoms with van der Waals surface area (Å²) in [6.45, 7) is 7.00. The molecule has 1 aliphatic rings. The van der Waals surface area contributed by atoms with Gasteiger partial charge in [0, 0.05) is 37.2 Å². The molecule has 2 nitrogen and oxygen atoms in total. The van der Waals surface area contributed by atoms with E-state index in [2.05, 4.69) is 122 Å². The first-order valence-corrected chi connectivity index (χ1v) is 21.1. The van der Waals surface area contributed by atoms with E-state index in [4.69, 9.17) is 4.98 Å². The molecule has 7 aromatic rings. The van der Waals surface area contributed by atoms with Crippen LogP contribution in [0.5, 0.6) is 0 Å².